The van der Waals surface area contributed by atoms with Crippen LogP contribution in [0.15, 0.2) is 467 Å². The summed E-state index contributed by atoms with van der Waals surface area (Å²) in [6.07, 6.45) is 0. The molecular weight excluding hydrogens is 1750 g/mol. The Morgan fingerprint density at radius 2 is 0.496 bits per heavy atom. The Kier molecular flexibility index (Phi) is 21.3. The maximum Gasteiger partial charge on any atom is 0.138 e. The van der Waals surface area contributed by atoms with Crippen LogP contribution in [0.2, 0.25) is 0 Å². The molecule has 21 aromatic carbocycles. The van der Waals surface area contributed by atoms with Crippen molar-refractivity contribution in [2.75, 3.05) is 0 Å². The fraction of sp³-hybridized carbons (Fsp3) is 0.0382. The van der Waals surface area contributed by atoms with Crippen LogP contribution in [0.5, 0.6) is 0 Å². The van der Waals surface area contributed by atoms with Gasteiger partial charge in [0.25, 0.3) is 0 Å². The molecule has 0 amide bonds. The van der Waals surface area contributed by atoms with E-state index in [2.05, 4.69) is 476 Å². The van der Waals surface area contributed by atoms with E-state index in [9.17, 15) is 0 Å². The number of furan rings is 4. The molecular formula is C131H89NO4S3. The van der Waals surface area contributed by atoms with Gasteiger partial charge in [-0.3, -0.25) is 0 Å². The van der Waals surface area contributed by atoms with Crippen LogP contribution in [0.1, 0.15) is 27.8 Å². The van der Waals surface area contributed by atoms with Crippen molar-refractivity contribution in [3.8, 4) is 83.6 Å². The zero-order chi connectivity index (χ0) is 92.9. The van der Waals surface area contributed by atoms with Crippen LogP contribution in [-0.4, -0.2) is 4.57 Å². The van der Waals surface area contributed by atoms with Gasteiger partial charge >= 0.3 is 0 Å². The van der Waals surface area contributed by atoms with Gasteiger partial charge in [-0.05, 0) is 244 Å². The Morgan fingerprint density at radius 1 is 0.180 bits per heavy atom. The third-order valence-corrected chi connectivity index (χ3v) is 31.0. The predicted molar refractivity (Wildman–Crippen MR) is 596 cm³/mol. The monoisotopic (exact) mass is 1840 g/mol. The van der Waals surface area contributed by atoms with Gasteiger partial charge in [-0.15, -0.1) is 34.0 Å². The highest BCUT2D eigenvalue weighted by Crippen LogP contribution is 2.49. The first-order valence-corrected chi connectivity index (χ1v) is 49.7. The lowest BCUT2D eigenvalue weighted by Gasteiger charge is -2.08. The standard InChI is InChI=1S/C31H21NO.C25H16O2.C25H16OS.2C25H18S/c1-20-8-7-12-25-27-19-22(15-17-30(27)33-31(20)25)21-14-16-29-26(18-21)24-11-5-6-13-28(24)32(29)23-9-3-2-4-10-23;1-15-5-4-7-19-21-14-17(10-12-24(21)27-25(15)19)16-9-11-23-20(13-16)18-6-2-3-8-22(18)26-23;1-15-5-4-7-19-20-13-16(9-11-22(20)26-25(15)19)17-10-12-24-21(14-17)18-6-2-3-8-23(18)27-24;1-17-13-15-19(16-14-17)20-9-6-12-23-24(20)22-11-5-10-21(25(22)26-23)18-7-3-2-4-8-18;1-17-13-15-19(16-14-17)21-10-5-11-22-24-20(18-7-3-2-4-8-18)9-6-12-23(24)26-25(21)22/h2-19H,1H3;2*2-14H,1H3;2*2-16H,1H3. The molecule has 8 heteroatoms. The van der Waals surface area contributed by atoms with Gasteiger partial charge in [0, 0.05) is 120 Å². The molecule has 0 aliphatic rings. The van der Waals surface area contributed by atoms with E-state index < -0.39 is 0 Å². The average molecular weight is 1840 g/mol. The average Bonchev–Trinajstić information content (AvgIpc) is 1.59. The molecule has 29 aromatic rings. The topological polar surface area (TPSA) is 57.5 Å². The Labute approximate surface area is 814 Å². The van der Waals surface area contributed by atoms with Crippen molar-refractivity contribution in [1.29, 1.82) is 0 Å². The fourth-order valence-electron chi connectivity index (χ4n) is 20.5. The Balaban J connectivity index is 0.0000000922. The lowest BCUT2D eigenvalue weighted by Crippen LogP contribution is -1.92. The highest BCUT2D eigenvalue weighted by Gasteiger charge is 2.22. The van der Waals surface area contributed by atoms with Gasteiger partial charge < -0.3 is 22.2 Å². The summed E-state index contributed by atoms with van der Waals surface area (Å²) in [7, 11) is 0. The van der Waals surface area contributed by atoms with E-state index in [1.54, 1.807) is 0 Å². The van der Waals surface area contributed by atoms with Crippen LogP contribution in [0.3, 0.4) is 0 Å². The first kappa shape index (κ1) is 84.1. The Hall–Kier alpha value is -16.7. The summed E-state index contributed by atoms with van der Waals surface area (Å²) in [5, 5.41) is 20.0. The summed E-state index contributed by atoms with van der Waals surface area (Å²) < 4.78 is 34.7. The normalized spacial score (nSPS) is 11.6. The highest BCUT2D eigenvalue weighted by atomic mass is 32.1. The van der Waals surface area contributed by atoms with Crippen molar-refractivity contribution >= 4 is 204 Å². The van der Waals surface area contributed by atoms with Gasteiger partial charge in [0.2, 0.25) is 0 Å². The first-order valence-electron chi connectivity index (χ1n) is 47.3. The number of rotatable bonds is 8. The molecule has 0 spiro atoms. The summed E-state index contributed by atoms with van der Waals surface area (Å²) in [5.74, 6) is 0. The third-order valence-electron chi connectivity index (χ3n) is 27.5. The van der Waals surface area contributed by atoms with Crippen molar-refractivity contribution in [1.82, 2.24) is 4.57 Å². The number of hydrogen-bond donors (Lipinski definition) is 0. The minimum absolute atomic E-state index is 0.922. The maximum atomic E-state index is 6.15. The van der Waals surface area contributed by atoms with Crippen molar-refractivity contribution in [3.05, 3.63) is 477 Å². The van der Waals surface area contributed by atoms with Crippen LogP contribution in [0, 0.1) is 34.6 Å². The van der Waals surface area contributed by atoms with Crippen LogP contribution in [0.25, 0.3) is 254 Å². The van der Waals surface area contributed by atoms with E-state index in [4.69, 9.17) is 17.7 Å². The summed E-state index contributed by atoms with van der Waals surface area (Å²) >= 11 is 5.65. The van der Waals surface area contributed by atoms with Gasteiger partial charge in [0.15, 0.2) is 0 Å². The smallest absolute Gasteiger partial charge is 0.138 e. The van der Waals surface area contributed by atoms with Gasteiger partial charge in [0.05, 0.1) is 11.0 Å². The summed E-state index contributed by atoms with van der Waals surface area (Å²) in [6.45, 7) is 10.6. The van der Waals surface area contributed by atoms with E-state index in [0.717, 1.165) is 71.8 Å². The summed E-state index contributed by atoms with van der Waals surface area (Å²) in [5.41, 5.74) is 35.0. The molecule has 0 aliphatic heterocycles. The van der Waals surface area contributed by atoms with Crippen molar-refractivity contribution < 1.29 is 17.7 Å². The lowest BCUT2D eigenvalue weighted by molar-refractivity contribution is 0.665. The zero-order valence-corrected chi connectivity index (χ0v) is 79.5. The van der Waals surface area contributed by atoms with Crippen LogP contribution >= 0.6 is 34.0 Å². The SMILES string of the molecule is Cc1ccc(-c2cccc3c2sc2cccc(-c4ccccc4)c23)cc1.Cc1ccc(-c2cccc3sc4c(-c5ccccc5)cccc4c23)cc1.Cc1cccc2c1oc1ccc(-c3ccc4c(c3)c3ccccc3n4-c3ccccc3)cc12.Cc1cccc2c1oc1ccc(-c3ccc4oc5ccccc5c4c3)cc12.Cc1cccc2c1oc1ccc(-c3ccc4sc5ccccc5c4c3)cc12. The van der Waals surface area contributed by atoms with Gasteiger partial charge in [-0.2, -0.15) is 0 Å². The first-order chi connectivity index (χ1) is 68.4. The lowest BCUT2D eigenvalue weighted by atomic mass is 9.97. The predicted octanol–water partition coefficient (Wildman–Crippen LogP) is 39.4. The molecule has 8 aromatic heterocycles. The molecule has 0 fully saturated rings. The number of para-hydroxylation sites is 6. The molecule has 0 atom stereocenters. The molecule has 0 N–H and O–H groups in total. The number of benzene rings is 21. The van der Waals surface area contributed by atoms with Gasteiger partial charge in [-0.1, -0.05) is 345 Å². The van der Waals surface area contributed by atoms with Gasteiger partial charge in [-0.25, -0.2) is 0 Å². The van der Waals surface area contributed by atoms with E-state index in [-0.39, 0.29) is 0 Å². The minimum Gasteiger partial charge on any atom is -0.456 e. The van der Waals surface area contributed by atoms with Crippen molar-refractivity contribution in [2.24, 2.45) is 0 Å². The van der Waals surface area contributed by atoms with Crippen molar-refractivity contribution in [2.45, 2.75) is 34.6 Å². The Bertz CT molecular complexity index is 9590. The summed E-state index contributed by atoms with van der Waals surface area (Å²) in [6, 6.07) is 160. The van der Waals surface area contributed by atoms with Crippen molar-refractivity contribution in [3.63, 3.8) is 0 Å². The third kappa shape index (κ3) is 15.3. The van der Waals surface area contributed by atoms with E-state index >= 15 is 0 Å². The number of aromatic nitrogens is 1. The number of thiophene rings is 3. The molecule has 0 radical (unpaired) electrons. The number of fused-ring (bicyclic) bond motifs is 24. The second-order valence-corrected chi connectivity index (χ2v) is 39.4. The molecule has 29 rings (SSSR count). The van der Waals surface area contributed by atoms with E-state index in [1.807, 2.05) is 46.1 Å². The largest absolute Gasteiger partial charge is 0.456 e. The molecule has 0 bridgehead atoms. The second kappa shape index (κ2) is 35.2. The number of hydrogen-bond acceptors (Lipinski definition) is 7. The number of aryl methyl sites for hydroxylation is 5. The van der Waals surface area contributed by atoms with E-state index in [0.29, 0.717) is 0 Å². The minimum atomic E-state index is 0.922. The molecule has 0 aliphatic carbocycles. The molecule has 8 heterocycles. The number of nitrogens with zero attached hydrogens (tertiary/aromatic N) is 1. The van der Waals surface area contributed by atoms with E-state index in [1.165, 1.54) is 210 Å². The van der Waals surface area contributed by atoms with Crippen LogP contribution in [-0.2, 0) is 0 Å². The fourth-order valence-corrected chi connectivity index (χ4v) is 24.1. The Morgan fingerprint density at radius 3 is 1.00 bits per heavy atom. The maximum absolute atomic E-state index is 6.15. The zero-order valence-electron chi connectivity index (χ0n) is 77.0. The molecule has 0 saturated carbocycles. The second-order valence-electron chi connectivity index (χ2n) is 36.2. The quantitative estimate of drug-likeness (QED) is 0.152. The molecule has 5 nitrogen and oxygen atoms in total. The molecule has 660 valence electrons. The van der Waals surface area contributed by atoms with Gasteiger partial charge in [0.1, 0.15) is 44.7 Å². The van der Waals surface area contributed by atoms with Crippen LogP contribution in [0.4, 0.5) is 0 Å². The summed E-state index contributed by atoms with van der Waals surface area (Å²) in [4.78, 5) is 0. The molecule has 0 saturated heterocycles. The molecule has 139 heavy (non-hydrogen) atoms. The molecule has 0 unspecified atom stereocenters. The highest BCUT2D eigenvalue weighted by molar-refractivity contribution is 7.27. The van der Waals surface area contributed by atoms with Crippen LogP contribution < -0.4 is 0 Å².